The SMILES string of the molecule is CCCCCCCCCCCCc1nc(ON2CCCC(C)(C)C2(C)C)nc(ON2CCCC(C)(C)C2(C)C)n1. The average molecular weight is 560 g/mol. The molecule has 0 radical (unpaired) electrons. The predicted molar refractivity (Wildman–Crippen MR) is 164 cm³/mol. The highest BCUT2D eigenvalue weighted by atomic mass is 16.7. The summed E-state index contributed by atoms with van der Waals surface area (Å²) in [4.78, 5) is 27.2. The Labute approximate surface area is 246 Å². The van der Waals surface area contributed by atoms with E-state index in [0.717, 1.165) is 44.6 Å². The first-order chi connectivity index (χ1) is 18.8. The molecule has 3 heterocycles. The fourth-order valence-corrected chi connectivity index (χ4v) is 6.03. The maximum atomic E-state index is 6.44. The molecular weight excluding hydrogens is 498 g/mol. The molecule has 0 saturated carbocycles. The van der Waals surface area contributed by atoms with Crippen LogP contribution in [-0.2, 0) is 6.42 Å². The number of aryl methyl sites for hydroxylation is 1. The molecule has 40 heavy (non-hydrogen) atoms. The van der Waals surface area contributed by atoms with Crippen molar-refractivity contribution in [2.45, 2.75) is 170 Å². The van der Waals surface area contributed by atoms with Gasteiger partial charge in [0.2, 0.25) is 0 Å². The molecule has 0 unspecified atom stereocenters. The Balaban J connectivity index is 1.68. The van der Waals surface area contributed by atoms with Crippen molar-refractivity contribution in [1.29, 1.82) is 0 Å². The quantitative estimate of drug-likeness (QED) is 0.199. The minimum atomic E-state index is -0.144. The van der Waals surface area contributed by atoms with Crippen molar-refractivity contribution in [3.05, 3.63) is 5.82 Å². The normalized spacial score (nSPS) is 22.2. The summed E-state index contributed by atoms with van der Waals surface area (Å²) in [7, 11) is 0. The number of rotatable bonds is 15. The molecule has 0 spiro atoms. The summed E-state index contributed by atoms with van der Waals surface area (Å²) in [5.74, 6) is 0.766. The van der Waals surface area contributed by atoms with Gasteiger partial charge in [-0.2, -0.15) is 9.97 Å². The van der Waals surface area contributed by atoms with Crippen LogP contribution in [0.5, 0.6) is 12.0 Å². The van der Waals surface area contributed by atoms with Crippen molar-refractivity contribution in [1.82, 2.24) is 25.1 Å². The van der Waals surface area contributed by atoms with E-state index in [1.54, 1.807) is 0 Å². The van der Waals surface area contributed by atoms with Crippen molar-refractivity contribution in [2.75, 3.05) is 13.1 Å². The van der Waals surface area contributed by atoms with Crippen LogP contribution in [0.15, 0.2) is 0 Å². The van der Waals surface area contributed by atoms with Gasteiger partial charge in [-0.1, -0.05) is 92.4 Å². The van der Waals surface area contributed by atoms with Crippen LogP contribution in [0.25, 0.3) is 0 Å². The molecule has 7 heteroatoms. The minimum Gasteiger partial charge on any atom is -0.365 e. The molecule has 0 aromatic carbocycles. The van der Waals surface area contributed by atoms with E-state index >= 15 is 0 Å². The fraction of sp³-hybridized carbons (Fsp3) is 0.909. The van der Waals surface area contributed by atoms with Crippen molar-refractivity contribution in [3.63, 3.8) is 0 Å². The Morgan fingerprint density at radius 2 is 0.975 bits per heavy atom. The zero-order valence-corrected chi connectivity index (χ0v) is 27.6. The summed E-state index contributed by atoms with van der Waals surface area (Å²) < 4.78 is 0. The topological polar surface area (TPSA) is 63.6 Å². The number of hydrogen-bond acceptors (Lipinski definition) is 7. The van der Waals surface area contributed by atoms with Gasteiger partial charge in [-0.15, -0.1) is 15.1 Å². The van der Waals surface area contributed by atoms with Crippen molar-refractivity contribution < 1.29 is 9.68 Å². The second-order valence-corrected chi connectivity index (χ2v) is 14.7. The summed E-state index contributed by atoms with van der Waals surface area (Å²) in [5.41, 5.74) is -0.0390. The second-order valence-electron chi connectivity index (χ2n) is 14.7. The van der Waals surface area contributed by atoms with E-state index in [9.17, 15) is 0 Å². The number of unbranched alkanes of at least 4 members (excludes halogenated alkanes) is 9. The van der Waals surface area contributed by atoms with Gasteiger partial charge in [0.1, 0.15) is 5.82 Å². The number of hydroxylamine groups is 4. The molecule has 1 aromatic rings. The van der Waals surface area contributed by atoms with Crippen LogP contribution in [0, 0.1) is 10.8 Å². The van der Waals surface area contributed by atoms with Gasteiger partial charge < -0.3 is 9.68 Å². The van der Waals surface area contributed by atoms with Gasteiger partial charge in [0.15, 0.2) is 0 Å². The van der Waals surface area contributed by atoms with Gasteiger partial charge in [-0.25, -0.2) is 0 Å². The molecule has 3 rings (SSSR count). The molecule has 2 aliphatic heterocycles. The average Bonchev–Trinajstić information content (AvgIpc) is 2.86. The van der Waals surface area contributed by atoms with E-state index in [1.165, 1.54) is 70.6 Å². The smallest absolute Gasteiger partial charge is 0.342 e. The molecular formula is C33H61N5O2. The van der Waals surface area contributed by atoms with E-state index < -0.39 is 0 Å². The predicted octanol–water partition coefficient (Wildman–Crippen LogP) is 8.72. The number of aromatic nitrogens is 3. The number of piperidine rings is 2. The highest BCUT2D eigenvalue weighted by Crippen LogP contribution is 2.44. The largest absolute Gasteiger partial charge is 0.365 e. The van der Waals surface area contributed by atoms with Crippen LogP contribution in [-0.4, -0.2) is 49.2 Å². The van der Waals surface area contributed by atoms with Gasteiger partial charge in [-0.05, 0) is 70.6 Å². The van der Waals surface area contributed by atoms with Gasteiger partial charge in [0.25, 0.3) is 0 Å². The molecule has 0 amide bonds. The maximum absolute atomic E-state index is 6.44. The van der Waals surface area contributed by atoms with Crippen LogP contribution in [0.4, 0.5) is 0 Å². The van der Waals surface area contributed by atoms with Gasteiger partial charge >= 0.3 is 12.0 Å². The summed E-state index contributed by atoms with van der Waals surface area (Å²) in [5, 5.41) is 4.15. The van der Waals surface area contributed by atoms with E-state index in [-0.39, 0.29) is 21.9 Å². The Hall–Kier alpha value is -1.47. The number of nitrogens with zero attached hydrogens (tertiary/aromatic N) is 5. The van der Waals surface area contributed by atoms with E-state index in [1.807, 2.05) is 0 Å². The van der Waals surface area contributed by atoms with E-state index in [4.69, 9.17) is 24.6 Å². The van der Waals surface area contributed by atoms with Crippen molar-refractivity contribution >= 4 is 0 Å². The lowest BCUT2D eigenvalue weighted by Crippen LogP contribution is -2.59. The van der Waals surface area contributed by atoms with Crippen LogP contribution in [0.3, 0.4) is 0 Å². The molecule has 2 saturated heterocycles. The monoisotopic (exact) mass is 559 g/mol. The molecule has 0 atom stereocenters. The fourth-order valence-electron chi connectivity index (χ4n) is 6.03. The standard InChI is InChI=1S/C33H61N5O2/c1-10-11-12-13-14-15-16-17-18-19-22-27-34-28(39-37-25-20-23-30(2,3)32(37,6)7)36-29(35-27)40-38-26-21-24-31(4,5)33(38,8)9/h10-26H2,1-9H3. The lowest BCUT2D eigenvalue weighted by molar-refractivity contribution is -0.205. The van der Waals surface area contributed by atoms with E-state index in [2.05, 4.69) is 72.4 Å². The van der Waals surface area contributed by atoms with Crippen LogP contribution >= 0.6 is 0 Å². The maximum Gasteiger partial charge on any atom is 0.342 e. The zero-order chi connectivity index (χ0) is 29.4. The van der Waals surface area contributed by atoms with Crippen molar-refractivity contribution in [3.8, 4) is 12.0 Å². The molecule has 0 aliphatic carbocycles. The first kappa shape index (κ1) is 33.0. The molecule has 0 N–H and O–H groups in total. The summed E-state index contributed by atoms with van der Waals surface area (Å²) in [6, 6.07) is 0.707. The van der Waals surface area contributed by atoms with Gasteiger partial charge in [-0.3, -0.25) is 0 Å². The summed E-state index contributed by atoms with van der Waals surface area (Å²) in [6.45, 7) is 22.3. The molecule has 7 nitrogen and oxygen atoms in total. The minimum absolute atomic E-state index is 0.125. The third-order valence-corrected chi connectivity index (χ3v) is 10.7. The Morgan fingerprint density at radius 3 is 1.40 bits per heavy atom. The first-order valence-electron chi connectivity index (χ1n) is 16.5. The first-order valence-corrected chi connectivity index (χ1v) is 16.5. The molecule has 1 aromatic heterocycles. The van der Waals surface area contributed by atoms with E-state index in [0.29, 0.717) is 12.0 Å². The highest BCUT2D eigenvalue weighted by Gasteiger charge is 2.47. The molecule has 2 fully saturated rings. The van der Waals surface area contributed by atoms with Gasteiger partial charge in [0, 0.05) is 19.5 Å². The van der Waals surface area contributed by atoms with Gasteiger partial charge in [0.05, 0.1) is 11.1 Å². The second kappa shape index (κ2) is 14.1. The molecule has 0 bridgehead atoms. The third-order valence-electron chi connectivity index (χ3n) is 10.7. The highest BCUT2D eigenvalue weighted by molar-refractivity contribution is 5.08. The lowest BCUT2D eigenvalue weighted by Gasteiger charge is -2.51. The Bertz CT molecular complexity index is 856. The summed E-state index contributed by atoms with van der Waals surface area (Å²) >= 11 is 0. The third kappa shape index (κ3) is 8.30. The summed E-state index contributed by atoms with van der Waals surface area (Å²) in [6.07, 6.45) is 18.4. The molecule has 2 aliphatic rings. The van der Waals surface area contributed by atoms with Crippen LogP contribution < -0.4 is 9.68 Å². The Kier molecular flexibility index (Phi) is 11.7. The number of hydrogen-bond donors (Lipinski definition) is 0. The van der Waals surface area contributed by atoms with Crippen molar-refractivity contribution in [2.24, 2.45) is 10.8 Å². The zero-order valence-electron chi connectivity index (χ0n) is 27.6. The molecule has 230 valence electrons. The Morgan fingerprint density at radius 1 is 0.575 bits per heavy atom. The van der Waals surface area contributed by atoms with Crippen LogP contribution in [0.2, 0.25) is 0 Å². The lowest BCUT2D eigenvalue weighted by atomic mass is 9.69. The van der Waals surface area contributed by atoms with Crippen LogP contribution in [0.1, 0.15) is 158 Å².